The molecule has 0 aliphatic heterocycles. The second kappa shape index (κ2) is 10.4. The number of nitrogens with zero attached hydrogens (tertiary/aromatic N) is 1. The number of carbonyl (C=O) groups excluding carboxylic acids is 2. The molecule has 0 fully saturated rings. The van der Waals surface area contributed by atoms with E-state index in [1.807, 2.05) is 24.3 Å². The molecule has 7 heteroatoms. The first-order chi connectivity index (χ1) is 13.9. The van der Waals surface area contributed by atoms with Crippen LogP contribution < -0.4 is 19.7 Å². The molecule has 0 radical (unpaired) electrons. The molecule has 0 spiro atoms. The summed E-state index contributed by atoms with van der Waals surface area (Å²) >= 11 is 0. The topological polar surface area (TPSA) is 77.1 Å². The van der Waals surface area contributed by atoms with E-state index in [-0.39, 0.29) is 5.56 Å². The first kappa shape index (κ1) is 22.1. The van der Waals surface area contributed by atoms with E-state index in [2.05, 4.69) is 31.0 Å². The number of methoxy groups -OCH3 is 2. The summed E-state index contributed by atoms with van der Waals surface area (Å²) in [5, 5.41) is 2.72. The number of hydrogen-bond acceptors (Lipinski definition) is 6. The molecule has 2 aromatic rings. The van der Waals surface area contributed by atoms with Crippen LogP contribution in [0.2, 0.25) is 0 Å². The van der Waals surface area contributed by atoms with Gasteiger partial charge in [-0.2, -0.15) is 0 Å². The minimum absolute atomic E-state index is 0.221. The molecule has 0 unspecified atom stereocenters. The van der Waals surface area contributed by atoms with E-state index < -0.39 is 18.5 Å². The largest absolute Gasteiger partial charge is 0.497 e. The van der Waals surface area contributed by atoms with E-state index >= 15 is 0 Å². The third-order valence-electron chi connectivity index (χ3n) is 4.41. The molecule has 2 rings (SSSR count). The second-order valence-electron chi connectivity index (χ2n) is 6.62. The molecule has 0 atom stereocenters. The average Bonchev–Trinajstić information content (AvgIpc) is 2.73. The maximum Gasteiger partial charge on any atom is 0.342 e. The summed E-state index contributed by atoms with van der Waals surface area (Å²) in [6.45, 7) is 6.86. The zero-order valence-corrected chi connectivity index (χ0v) is 17.5. The Bertz CT molecular complexity index is 834. The highest BCUT2D eigenvalue weighted by molar-refractivity contribution is 5.97. The minimum Gasteiger partial charge on any atom is -0.497 e. The Morgan fingerprint density at radius 1 is 1.03 bits per heavy atom. The van der Waals surface area contributed by atoms with Gasteiger partial charge in [0.15, 0.2) is 6.61 Å². The standard InChI is InChI=1S/C22H28N2O5/c1-6-24(15(2)3)17-9-7-16(8-10-17)23-21(25)14-29-22(26)19-12-11-18(27-4)13-20(19)28-5/h7-13,15H,6,14H2,1-5H3,(H,23,25). The van der Waals surface area contributed by atoms with Crippen molar-refractivity contribution >= 4 is 23.3 Å². The average molecular weight is 400 g/mol. The molecule has 1 amide bonds. The molecule has 0 saturated carbocycles. The summed E-state index contributed by atoms with van der Waals surface area (Å²) in [7, 11) is 2.97. The lowest BCUT2D eigenvalue weighted by molar-refractivity contribution is -0.119. The van der Waals surface area contributed by atoms with Gasteiger partial charge in [-0.3, -0.25) is 4.79 Å². The lowest BCUT2D eigenvalue weighted by Gasteiger charge is -2.27. The van der Waals surface area contributed by atoms with Gasteiger partial charge in [-0.25, -0.2) is 4.79 Å². The fourth-order valence-electron chi connectivity index (χ4n) is 2.96. The Labute approximate surface area is 171 Å². The van der Waals surface area contributed by atoms with Crippen LogP contribution in [0.25, 0.3) is 0 Å². The number of rotatable bonds is 9. The van der Waals surface area contributed by atoms with Crippen molar-refractivity contribution in [3.05, 3.63) is 48.0 Å². The van der Waals surface area contributed by atoms with Crippen molar-refractivity contribution in [2.24, 2.45) is 0 Å². The Morgan fingerprint density at radius 2 is 1.72 bits per heavy atom. The fourth-order valence-corrected chi connectivity index (χ4v) is 2.96. The van der Waals surface area contributed by atoms with Crippen LogP contribution in [0, 0.1) is 0 Å². The highest BCUT2D eigenvalue weighted by Crippen LogP contribution is 2.25. The molecule has 0 heterocycles. The van der Waals surface area contributed by atoms with Gasteiger partial charge < -0.3 is 24.4 Å². The molecule has 156 valence electrons. The molecule has 0 saturated heterocycles. The van der Waals surface area contributed by atoms with Crippen molar-refractivity contribution in [2.45, 2.75) is 26.8 Å². The van der Waals surface area contributed by atoms with Crippen LogP contribution in [0.4, 0.5) is 11.4 Å². The predicted molar refractivity (Wildman–Crippen MR) is 113 cm³/mol. The van der Waals surface area contributed by atoms with E-state index in [9.17, 15) is 9.59 Å². The first-order valence-corrected chi connectivity index (χ1v) is 9.45. The van der Waals surface area contributed by atoms with E-state index in [0.29, 0.717) is 23.2 Å². The lowest BCUT2D eigenvalue weighted by Crippen LogP contribution is -2.30. The van der Waals surface area contributed by atoms with Crippen molar-refractivity contribution in [3.8, 4) is 11.5 Å². The Kier molecular flexibility index (Phi) is 7.88. The predicted octanol–water partition coefficient (Wildman–Crippen LogP) is 3.73. The van der Waals surface area contributed by atoms with Gasteiger partial charge in [0, 0.05) is 30.0 Å². The molecule has 1 N–H and O–H groups in total. The van der Waals surface area contributed by atoms with Gasteiger partial charge in [-0.05, 0) is 57.2 Å². The highest BCUT2D eigenvalue weighted by Gasteiger charge is 2.16. The molecule has 29 heavy (non-hydrogen) atoms. The van der Waals surface area contributed by atoms with Crippen LogP contribution in [0.1, 0.15) is 31.1 Å². The highest BCUT2D eigenvalue weighted by atomic mass is 16.5. The fraction of sp³-hybridized carbons (Fsp3) is 0.364. The molecular formula is C22H28N2O5. The quantitative estimate of drug-likeness (QED) is 0.646. The first-order valence-electron chi connectivity index (χ1n) is 9.45. The van der Waals surface area contributed by atoms with Crippen LogP contribution >= 0.6 is 0 Å². The van der Waals surface area contributed by atoms with Crippen LogP contribution in [0.15, 0.2) is 42.5 Å². The van der Waals surface area contributed by atoms with Gasteiger partial charge in [0.25, 0.3) is 5.91 Å². The summed E-state index contributed by atoms with van der Waals surface area (Å²) in [6.07, 6.45) is 0. The Balaban J connectivity index is 1.94. The van der Waals surface area contributed by atoms with Crippen molar-refractivity contribution < 1.29 is 23.8 Å². The summed E-state index contributed by atoms with van der Waals surface area (Å²) in [5.41, 5.74) is 1.94. The monoisotopic (exact) mass is 400 g/mol. The SMILES string of the molecule is CCN(c1ccc(NC(=O)COC(=O)c2ccc(OC)cc2OC)cc1)C(C)C. The summed E-state index contributed by atoms with van der Waals surface area (Å²) in [6, 6.07) is 12.7. The summed E-state index contributed by atoms with van der Waals surface area (Å²) < 4.78 is 15.4. The van der Waals surface area contributed by atoms with Gasteiger partial charge in [0.1, 0.15) is 17.1 Å². The number of nitrogens with one attached hydrogen (secondary N) is 1. The van der Waals surface area contributed by atoms with Crippen LogP contribution in [-0.2, 0) is 9.53 Å². The van der Waals surface area contributed by atoms with E-state index in [1.54, 1.807) is 12.1 Å². The number of hydrogen-bond donors (Lipinski definition) is 1. The zero-order chi connectivity index (χ0) is 21.4. The number of benzene rings is 2. The maximum absolute atomic E-state index is 12.3. The van der Waals surface area contributed by atoms with Gasteiger partial charge in [0.05, 0.1) is 14.2 Å². The van der Waals surface area contributed by atoms with Crippen molar-refractivity contribution in [3.63, 3.8) is 0 Å². The van der Waals surface area contributed by atoms with E-state index in [4.69, 9.17) is 14.2 Å². The van der Waals surface area contributed by atoms with Gasteiger partial charge >= 0.3 is 5.97 Å². The maximum atomic E-state index is 12.3. The summed E-state index contributed by atoms with van der Waals surface area (Å²) in [4.78, 5) is 26.7. The molecule has 2 aromatic carbocycles. The molecule has 0 aliphatic rings. The molecule has 0 bridgehead atoms. The molecule has 7 nitrogen and oxygen atoms in total. The normalized spacial score (nSPS) is 10.4. The Morgan fingerprint density at radius 3 is 2.28 bits per heavy atom. The number of carbonyl (C=O) groups is 2. The van der Waals surface area contributed by atoms with Crippen molar-refractivity contribution in [1.29, 1.82) is 0 Å². The zero-order valence-electron chi connectivity index (χ0n) is 17.5. The third kappa shape index (κ3) is 5.88. The van der Waals surface area contributed by atoms with Gasteiger partial charge in [0.2, 0.25) is 0 Å². The van der Waals surface area contributed by atoms with Crippen molar-refractivity contribution in [1.82, 2.24) is 0 Å². The van der Waals surface area contributed by atoms with Gasteiger partial charge in [-0.15, -0.1) is 0 Å². The van der Waals surface area contributed by atoms with Crippen LogP contribution in [0.3, 0.4) is 0 Å². The summed E-state index contributed by atoms with van der Waals surface area (Å²) in [5.74, 6) is -0.199. The second-order valence-corrected chi connectivity index (χ2v) is 6.62. The van der Waals surface area contributed by atoms with E-state index in [1.165, 1.54) is 20.3 Å². The van der Waals surface area contributed by atoms with Crippen molar-refractivity contribution in [2.75, 3.05) is 37.6 Å². The third-order valence-corrected chi connectivity index (χ3v) is 4.41. The van der Waals surface area contributed by atoms with Crippen LogP contribution in [0.5, 0.6) is 11.5 Å². The number of amides is 1. The lowest BCUT2D eigenvalue weighted by atomic mass is 10.2. The van der Waals surface area contributed by atoms with E-state index in [0.717, 1.165) is 12.2 Å². The Hall–Kier alpha value is -3.22. The number of esters is 1. The number of anilines is 2. The smallest absolute Gasteiger partial charge is 0.342 e. The molecule has 0 aromatic heterocycles. The molecule has 0 aliphatic carbocycles. The van der Waals surface area contributed by atoms with Crippen LogP contribution in [-0.4, -0.2) is 45.3 Å². The number of ether oxygens (including phenoxy) is 3. The molecular weight excluding hydrogens is 372 g/mol. The van der Waals surface area contributed by atoms with Gasteiger partial charge in [-0.1, -0.05) is 0 Å². The minimum atomic E-state index is -0.648.